The summed E-state index contributed by atoms with van der Waals surface area (Å²) < 4.78 is 176. The van der Waals surface area contributed by atoms with Crippen LogP contribution in [-0.4, -0.2) is 54.3 Å². The van der Waals surface area contributed by atoms with Gasteiger partial charge in [0.1, 0.15) is 6.04 Å². The summed E-state index contributed by atoms with van der Waals surface area (Å²) in [6.45, 7) is 1.07. The van der Waals surface area contributed by atoms with Crippen LogP contribution in [0.4, 0.5) is 61.9 Å². The second-order valence-corrected chi connectivity index (χ2v) is 7.17. The SMILES string of the molecule is CCOC(=O)N[C@@H](C(=O)CCC(F)(F)C(F)(F)C(F)(F)C(F)(F)C(F)(F)C(F)(F)F)c1ccccc1. The highest BCUT2D eigenvalue weighted by Gasteiger charge is 2.90. The Morgan fingerprint density at radius 3 is 1.69 bits per heavy atom. The molecule has 4 nitrogen and oxygen atoms in total. The fraction of sp³-hybridized carbons (Fsp3) is 0.579. The Kier molecular flexibility index (Phi) is 8.96. The molecular formula is C19H16F13NO3. The van der Waals surface area contributed by atoms with Crippen LogP contribution < -0.4 is 5.32 Å². The number of benzene rings is 1. The minimum absolute atomic E-state index is 0.146. The molecule has 36 heavy (non-hydrogen) atoms. The van der Waals surface area contributed by atoms with Gasteiger partial charge in [-0.1, -0.05) is 30.3 Å². The van der Waals surface area contributed by atoms with Crippen LogP contribution in [0.25, 0.3) is 0 Å². The van der Waals surface area contributed by atoms with Gasteiger partial charge in [-0.2, -0.15) is 57.1 Å². The van der Waals surface area contributed by atoms with Gasteiger partial charge in [-0.15, -0.1) is 0 Å². The smallest absolute Gasteiger partial charge is 0.450 e. The maximum absolute atomic E-state index is 14.0. The first kappa shape index (κ1) is 31.3. The number of carbonyl (C=O) groups is 2. The molecule has 0 heterocycles. The highest BCUT2D eigenvalue weighted by Crippen LogP contribution is 2.60. The second-order valence-electron chi connectivity index (χ2n) is 7.17. The largest absolute Gasteiger partial charge is 0.460 e. The molecule has 1 rings (SSSR count). The van der Waals surface area contributed by atoms with Gasteiger partial charge < -0.3 is 10.1 Å². The number of Topliss-reactive ketones (excluding diaryl/α,β-unsaturated/α-hetero) is 1. The van der Waals surface area contributed by atoms with Crippen LogP contribution in [0.5, 0.6) is 0 Å². The Balaban J connectivity index is 3.25. The van der Waals surface area contributed by atoms with E-state index in [1.54, 1.807) is 0 Å². The molecule has 0 bridgehead atoms. The first-order valence-electron chi connectivity index (χ1n) is 9.55. The third kappa shape index (κ3) is 5.63. The van der Waals surface area contributed by atoms with Crippen LogP contribution in [0.2, 0.25) is 0 Å². The van der Waals surface area contributed by atoms with E-state index in [1.807, 2.05) is 5.32 Å². The van der Waals surface area contributed by atoms with E-state index in [4.69, 9.17) is 0 Å². The fourth-order valence-electron chi connectivity index (χ4n) is 2.67. The van der Waals surface area contributed by atoms with Gasteiger partial charge in [0.25, 0.3) is 0 Å². The van der Waals surface area contributed by atoms with E-state index in [0.717, 1.165) is 12.1 Å². The van der Waals surface area contributed by atoms with Crippen molar-refractivity contribution in [1.29, 1.82) is 0 Å². The van der Waals surface area contributed by atoms with Gasteiger partial charge in [-0.3, -0.25) is 4.79 Å². The van der Waals surface area contributed by atoms with Crippen molar-refractivity contribution in [3.63, 3.8) is 0 Å². The van der Waals surface area contributed by atoms with Crippen LogP contribution in [0, 0.1) is 0 Å². The molecule has 1 N–H and O–H groups in total. The molecule has 0 fully saturated rings. The number of hydrogen-bond acceptors (Lipinski definition) is 3. The van der Waals surface area contributed by atoms with Crippen LogP contribution in [-0.2, 0) is 9.53 Å². The molecule has 206 valence electrons. The summed E-state index contributed by atoms with van der Waals surface area (Å²) in [6.07, 6.45) is -13.4. The van der Waals surface area contributed by atoms with E-state index >= 15 is 0 Å². The molecule has 1 atom stereocenters. The predicted molar refractivity (Wildman–Crippen MR) is 94.4 cm³/mol. The zero-order valence-corrected chi connectivity index (χ0v) is 17.7. The van der Waals surface area contributed by atoms with Gasteiger partial charge in [0, 0.05) is 12.8 Å². The number of ether oxygens (including phenoxy) is 1. The number of rotatable bonds is 11. The first-order valence-corrected chi connectivity index (χ1v) is 9.55. The van der Waals surface area contributed by atoms with Crippen LogP contribution in [0.3, 0.4) is 0 Å². The summed E-state index contributed by atoms with van der Waals surface area (Å²) in [6, 6.07) is 4.31. The van der Waals surface area contributed by atoms with Crippen LogP contribution >= 0.6 is 0 Å². The molecule has 0 radical (unpaired) electrons. The average molecular weight is 553 g/mol. The van der Waals surface area contributed by atoms with E-state index in [9.17, 15) is 66.7 Å². The summed E-state index contributed by atoms with van der Waals surface area (Å²) in [4.78, 5) is 24.0. The van der Waals surface area contributed by atoms with Gasteiger partial charge >= 0.3 is 41.9 Å². The van der Waals surface area contributed by atoms with E-state index in [0.29, 0.717) is 0 Å². The van der Waals surface area contributed by atoms with E-state index in [-0.39, 0.29) is 12.2 Å². The molecule has 0 saturated carbocycles. The number of halogens is 13. The van der Waals surface area contributed by atoms with Gasteiger partial charge in [0.05, 0.1) is 6.61 Å². The zero-order valence-electron chi connectivity index (χ0n) is 17.7. The van der Waals surface area contributed by atoms with Crippen molar-refractivity contribution in [1.82, 2.24) is 5.32 Å². The molecule has 0 saturated heterocycles. The van der Waals surface area contributed by atoms with Crippen LogP contribution in [0.15, 0.2) is 30.3 Å². The van der Waals surface area contributed by atoms with Crippen molar-refractivity contribution in [3.05, 3.63) is 35.9 Å². The van der Waals surface area contributed by atoms with E-state index in [1.165, 1.54) is 25.1 Å². The maximum Gasteiger partial charge on any atom is 0.460 e. The molecular weight excluding hydrogens is 537 g/mol. The summed E-state index contributed by atoms with van der Waals surface area (Å²) >= 11 is 0. The molecule has 0 aromatic heterocycles. The lowest BCUT2D eigenvalue weighted by molar-refractivity contribution is -0.440. The Hall–Kier alpha value is -2.75. The van der Waals surface area contributed by atoms with Crippen LogP contribution in [0.1, 0.15) is 31.4 Å². The highest BCUT2D eigenvalue weighted by atomic mass is 19.4. The topological polar surface area (TPSA) is 55.4 Å². The quantitative estimate of drug-likeness (QED) is 0.316. The van der Waals surface area contributed by atoms with Crippen molar-refractivity contribution < 1.29 is 71.4 Å². The Labute approximate surface area is 193 Å². The Morgan fingerprint density at radius 1 is 0.778 bits per heavy atom. The van der Waals surface area contributed by atoms with Gasteiger partial charge in [-0.25, -0.2) is 4.79 Å². The number of amides is 1. The van der Waals surface area contributed by atoms with Crippen molar-refractivity contribution in [2.24, 2.45) is 0 Å². The Morgan fingerprint density at radius 2 is 1.25 bits per heavy atom. The minimum Gasteiger partial charge on any atom is -0.450 e. The average Bonchev–Trinajstić information content (AvgIpc) is 2.75. The second kappa shape index (κ2) is 10.3. The lowest BCUT2D eigenvalue weighted by Gasteiger charge is -2.39. The summed E-state index contributed by atoms with van der Waals surface area (Å²) in [5, 5.41) is 1.86. The molecule has 0 unspecified atom stereocenters. The number of ketones is 1. The van der Waals surface area contributed by atoms with Crippen molar-refractivity contribution in [2.75, 3.05) is 6.61 Å². The number of alkyl carbamates (subject to hydrolysis) is 1. The van der Waals surface area contributed by atoms with Crippen molar-refractivity contribution >= 4 is 11.9 Å². The number of carbonyl (C=O) groups excluding carboxylic acids is 2. The molecule has 1 aromatic carbocycles. The normalized spacial score (nSPS) is 14.8. The minimum atomic E-state index is -8.02. The van der Waals surface area contributed by atoms with Gasteiger partial charge in [0.15, 0.2) is 5.78 Å². The number of hydrogen-bond donors (Lipinski definition) is 1. The third-order valence-electron chi connectivity index (χ3n) is 4.68. The maximum atomic E-state index is 14.0. The Bertz CT molecular complexity index is 917. The van der Waals surface area contributed by atoms with Gasteiger partial charge in [0.2, 0.25) is 0 Å². The first-order chi connectivity index (χ1) is 16.1. The highest BCUT2D eigenvalue weighted by molar-refractivity contribution is 5.88. The van der Waals surface area contributed by atoms with Gasteiger partial charge in [-0.05, 0) is 12.5 Å². The lowest BCUT2D eigenvalue weighted by atomic mass is 9.90. The van der Waals surface area contributed by atoms with Crippen molar-refractivity contribution in [2.45, 2.75) is 61.6 Å². The van der Waals surface area contributed by atoms with Crippen molar-refractivity contribution in [3.8, 4) is 0 Å². The summed E-state index contributed by atoms with van der Waals surface area (Å²) in [5.74, 6) is -39.3. The molecule has 0 aliphatic rings. The molecule has 0 aliphatic heterocycles. The molecule has 1 aromatic rings. The molecule has 0 spiro atoms. The monoisotopic (exact) mass is 553 g/mol. The standard InChI is InChI=1S/C19H16F13NO3/c1-2-36-13(35)33-12(10-6-4-3-5-7-10)11(34)8-9-14(20,21)15(22,23)16(24,25)17(26,27)18(28,29)19(30,31)32/h3-7,12H,2,8-9H2,1H3,(H,33,35)/t12-/m1/s1. The fourth-order valence-corrected chi connectivity index (χ4v) is 2.67. The van der Waals surface area contributed by atoms with E-state index in [2.05, 4.69) is 4.74 Å². The number of alkyl halides is 13. The third-order valence-corrected chi connectivity index (χ3v) is 4.68. The predicted octanol–water partition coefficient (Wildman–Crippen LogP) is 6.56. The summed E-state index contributed by atoms with van der Waals surface area (Å²) in [5.41, 5.74) is -0.146. The summed E-state index contributed by atoms with van der Waals surface area (Å²) in [7, 11) is 0. The number of nitrogens with one attached hydrogen (secondary N) is 1. The zero-order chi connectivity index (χ0) is 28.4. The molecule has 17 heteroatoms. The molecule has 1 amide bonds. The molecule has 0 aliphatic carbocycles. The van der Waals surface area contributed by atoms with E-state index < -0.39 is 66.5 Å². The lowest BCUT2D eigenvalue weighted by Crippen LogP contribution is -2.70.